The van der Waals surface area contributed by atoms with E-state index in [1.165, 1.54) is 12.1 Å². The molecule has 0 aliphatic carbocycles. The average molecular weight is 246 g/mol. The largest absolute Gasteiger partial charge is 0.296 e. The van der Waals surface area contributed by atoms with Crippen molar-refractivity contribution in [2.45, 2.75) is 24.8 Å². The zero-order chi connectivity index (χ0) is 11.1. The van der Waals surface area contributed by atoms with Crippen LogP contribution >= 0.6 is 23.4 Å². The van der Waals surface area contributed by atoms with E-state index < -0.39 is 0 Å². The Morgan fingerprint density at radius 3 is 2.87 bits per heavy atom. The van der Waals surface area contributed by atoms with E-state index >= 15 is 0 Å². The minimum Gasteiger partial charge on any atom is -0.296 e. The van der Waals surface area contributed by atoms with Crippen LogP contribution in [0, 0.1) is 5.82 Å². The highest BCUT2D eigenvalue weighted by atomic mass is 35.5. The van der Waals surface area contributed by atoms with Gasteiger partial charge in [-0.3, -0.25) is 5.32 Å². The summed E-state index contributed by atoms with van der Waals surface area (Å²) in [6.07, 6.45) is 0. The van der Waals surface area contributed by atoms with Crippen molar-refractivity contribution in [2.24, 2.45) is 0 Å². The molecule has 2 unspecified atom stereocenters. The molecule has 1 aromatic rings. The highest BCUT2D eigenvalue weighted by molar-refractivity contribution is 8.00. The molecule has 82 valence electrons. The molecule has 0 amide bonds. The molecule has 1 aliphatic heterocycles. The van der Waals surface area contributed by atoms with E-state index in [1.807, 2.05) is 11.8 Å². The molecule has 0 bridgehead atoms. The van der Waals surface area contributed by atoms with Crippen LogP contribution in [0.1, 0.15) is 19.4 Å². The molecule has 15 heavy (non-hydrogen) atoms. The van der Waals surface area contributed by atoms with E-state index in [2.05, 4.69) is 19.2 Å². The van der Waals surface area contributed by atoms with Crippen LogP contribution < -0.4 is 5.32 Å². The molecule has 4 heteroatoms. The van der Waals surface area contributed by atoms with E-state index in [4.69, 9.17) is 11.6 Å². The minimum atomic E-state index is -0.289. The molecule has 0 aromatic heterocycles. The van der Waals surface area contributed by atoms with E-state index in [9.17, 15) is 4.39 Å². The van der Waals surface area contributed by atoms with Gasteiger partial charge in [-0.25, -0.2) is 4.39 Å². The molecule has 1 aliphatic rings. The fraction of sp³-hybridized carbons (Fsp3) is 0.455. The van der Waals surface area contributed by atoms with Crippen molar-refractivity contribution in [3.05, 3.63) is 34.6 Å². The second-order valence-electron chi connectivity index (χ2n) is 4.01. The summed E-state index contributed by atoms with van der Waals surface area (Å²) in [6, 6.07) is 5.04. The third kappa shape index (κ3) is 2.14. The lowest BCUT2D eigenvalue weighted by Gasteiger charge is -2.25. The van der Waals surface area contributed by atoms with Gasteiger partial charge in [-0.1, -0.05) is 17.7 Å². The van der Waals surface area contributed by atoms with Crippen molar-refractivity contribution in [3.8, 4) is 0 Å². The highest BCUT2D eigenvalue weighted by Gasteiger charge is 2.36. The van der Waals surface area contributed by atoms with Crippen molar-refractivity contribution in [3.63, 3.8) is 0 Å². The maximum atomic E-state index is 12.9. The Balaban J connectivity index is 2.37. The van der Waals surface area contributed by atoms with Crippen LogP contribution in [-0.2, 0) is 4.87 Å². The predicted molar refractivity (Wildman–Crippen MR) is 63.8 cm³/mol. The Bertz CT molecular complexity index is 385. The van der Waals surface area contributed by atoms with E-state index in [0.29, 0.717) is 11.1 Å². The third-order valence-electron chi connectivity index (χ3n) is 2.59. The van der Waals surface area contributed by atoms with Crippen molar-refractivity contribution in [2.75, 3.05) is 5.75 Å². The number of thioether (sulfide) groups is 1. The van der Waals surface area contributed by atoms with Gasteiger partial charge in [-0.05, 0) is 26.0 Å². The number of hydrogen-bond acceptors (Lipinski definition) is 2. The first kappa shape index (κ1) is 11.2. The summed E-state index contributed by atoms with van der Waals surface area (Å²) in [4.78, 5) is -0.190. The van der Waals surface area contributed by atoms with Crippen LogP contribution in [0.25, 0.3) is 0 Å². The van der Waals surface area contributed by atoms with Gasteiger partial charge in [0.05, 0.1) is 4.87 Å². The van der Waals surface area contributed by atoms with Crippen LogP contribution in [-0.4, -0.2) is 11.8 Å². The molecular formula is C11H13ClFNS. The normalized spacial score (nSPS) is 30.8. The number of benzene rings is 1. The van der Waals surface area contributed by atoms with Crippen molar-refractivity contribution >= 4 is 23.4 Å². The SMILES string of the molecule is CC1CSC(C)(c2ccc(F)cc2Cl)N1. The first-order valence-corrected chi connectivity index (χ1v) is 6.25. The van der Waals surface area contributed by atoms with Crippen LogP contribution in [0.3, 0.4) is 0 Å². The molecule has 1 heterocycles. The molecule has 1 aromatic carbocycles. The standard InChI is InChI=1S/C11H13ClFNS/c1-7-6-15-11(2,14-7)9-4-3-8(13)5-10(9)12/h3-5,7,14H,6H2,1-2H3. The van der Waals surface area contributed by atoms with Crippen LogP contribution in [0.4, 0.5) is 4.39 Å². The quantitative estimate of drug-likeness (QED) is 0.814. The summed E-state index contributed by atoms with van der Waals surface area (Å²) < 4.78 is 12.9. The van der Waals surface area contributed by atoms with E-state index in [-0.39, 0.29) is 10.7 Å². The van der Waals surface area contributed by atoms with Gasteiger partial charge in [-0.15, -0.1) is 11.8 Å². The van der Waals surface area contributed by atoms with Gasteiger partial charge < -0.3 is 0 Å². The molecule has 1 fully saturated rings. The Labute approximate surface area is 98.4 Å². The number of rotatable bonds is 1. The summed E-state index contributed by atoms with van der Waals surface area (Å²) in [5.41, 5.74) is 0.958. The van der Waals surface area contributed by atoms with Gasteiger partial charge >= 0.3 is 0 Å². The van der Waals surface area contributed by atoms with Crippen LogP contribution in [0.2, 0.25) is 5.02 Å². The third-order valence-corrected chi connectivity index (χ3v) is 4.48. The molecule has 2 atom stereocenters. The fourth-order valence-electron chi connectivity index (χ4n) is 1.88. The van der Waals surface area contributed by atoms with Crippen molar-refractivity contribution < 1.29 is 4.39 Å². The molecule has 1 N–H and O–H groups in total. The molecule has 0 spiro atoms. The molecule has 0 radical (unpaired) electrons. The first-order valence-electron chi connectivity index (χ1n) is 4.88. The van der Waals surface area contributed by atoms with E-state index in [1.54, 1.807) is 6.07 Å². The lowest BCUT2D eigenvalue weighted by molar-refractivity contribution is 0.500. The number of nitrogens with one attached hydrogen (secondary N) is 1. The van der Waals surface area contributed by atoms with Gasteiger partial charge in [0, 0.05) is 22.4 Å². The second kappa shape index (κ2) is 3.96. The second-order valence-corrected chi connectivity index (χ2v) is 5.86. The highest BCUT2D eigenvalue weighted by Crippen LogP contribution is 2.42. The topological polar surface area (TPSA) is 12.0 Å². The van der Waals surface area contributed by atoms with E-state index in [0.717, 1.165) is 11.3 Å². The molecule has 1 saturated heterocycles. The molecule has 1 nitrogen and oxygen atoms in total. The number of hydrogen-bond donors (Lipinski definition) is 1. The van der Waals surface area contributed by atoms with Gasteiger partial charge in [0.2, 0.25) is 0 Å². The summed E-state index contributed by atoms with van der Waals surface area (Å²) in [7, 11) is 0. The Kier molecular flexibility index (Phi) is 2.97. The maximum Gasteiger partial charge on any atom is 0.124 e. The fourth-order valence-corrected chi connectivity index (χ4v) is 3.57. The van der Waals surface area contributed by atoms with Gasteiger partial charge in [-0.2, -0.15) is 0 Å². The zero-order valence-electron chi connectivity index (χ0n) is 8.68. The van der Waals surface area contributed by atoms with Gasteiger partial charge in [0.25, 0.3) is 0 Å². The lowest BCUT2D eigenvalue weighted by atomic mass is 10.1. The first-order chi connectivity index (χ1) is 7.01. The molecule has 0 saturated carbocycles. The van der Waals surface area contributed by atoms with Crippen LogP contribution in [0.5, 0.6) is 0 Å². The maximum absolute atomic E-state index is 12.9. The Morgan fingerprint density at radius 1 is 1.60 bits per heavy atom. The average Bonchev–Trinajstić information content (AvgIpc) is 2.46. The van der Waals surface area contributed by atoms with Gasteiger partial charge in [0.1, 0.15) is 5.82 Å². The van der Waals surface area contributed by atoms with Crippen molar-refractivity contribution in [1.29, 1.82) is 0 Å². The molecule has 2 rings (SSSR count). The minimum absolute atomic E-state index is 0.190. The Morgan fingerprint density at radius 2 is 2.33 bits per heavy atom. The smallest absolute Gasteiger partial charge is 0.124 e. The predicted octanol–water partition coefficient (Wildman–Crippen LogP) is 3.38. The monoisotopic (exact) mass is 245 g/mol. The summed E-state index contributed by atoms with van der Waals surface area (Å²) in [5.74, 6) is 0.757. The van der Waals surface area contributed by atoms with Crippen molar-refractivity contribution in [1.82, 2.24) is 5.32 Å². The zero-order valence-corrected chi connectivity index (χ0v) is 10.3. The summed E-state index contributed by atoms with van der Waals surface area (Å²) in [6.45, 7) is 4.22. The Hall–Kier alpha value is -0.250. The van der Waals surface area contributed by atoms with Gasteiger partial charge in [0.15, 0.2) is 0 Å². The summed E-state index contributed by atoms with van der Waals surface area (Å²) in [5, 5.41) is 3.96. The molecular weight excluding hydrogens is 233 g/mol. The lowest BCUT2D eigenvalue weighted by Crippen LogP contribution is -2.35. The van der Waals surface area contributed by atoms with Crippen LogP contribution in [0.15, 0.2) is 18.2 Å². The summed E-state index contributed by atoms with van der Waals surface area (Å²) >= 11 is 7.86. The number of halogens is 2.